The Morgan fingerprint density at radius 1 is 1.47 bits per heavy atom. The van der Waals surface area contributed by atoms with Crippen molar-refractivity contribution >= 4 is 17.4 Å². The largest absolute Gasteiger partial charge is 0.394 e. The summed E-state index contributed by atoms with van der Waals surface area (Å²) in [7, 11) is 3.88. The van der Waals surface area contributed by atoms with Gasteiger partial charge in [-0.15, -0.1) is 0 Å². The SMILES string of the molecule is CN(C)c1ccccc1NC(=O)N1CCCC1CO. The van der Waals surface area contributed by atoms with Gasteiger partial charge in [0.1, 0.15) is 0 Å². The van der Waals surface area contributed by atoms with Gasteiger partial charge in [0.25, 0.3) is 0 Å². The summed E-state index contributed by atoms with van der Waals surface area (Å²) in [5.74, 6) is 0. The molecule has 1 saturated heterocycles. The van der Waals surface area contributed by atoms with Gasteiger partial charge in [0.2, 0.25) is 0 Å². The molecule has 19 heavy (non-hydrogen) atoms. The molecule has 0 bridgehead atoms. The number of amides is 2. The van der Waals surface area contributed by atoms with Gasteiger partial charge in [-0.05, 0) is 25.0 Å². The Morgan fingerprint density at radius 2 is 2.21 bits per heavy atom. The van der Waals surface area contributed by atoms with Crippen LogP contribution in [-0.4, -0.2) is 49.3 Å². The Morgan fingerprint density at radius 3 is 2.89 bits per heavy atom. The molecule has 0 aliphatic carbocycles. The Hall–Kier alpha value is -1.75. The summed E-state index contributed by atoms with van der Waals surface area (Å²) < 4.78 is 0. The molecule has 2 N–H and O–H groups in total. The lowest BCUT2D eigenvalue weighted by Crippen LogP contribution is -2.40. The van der Waals surface area contributed by atoms with Crippen LogP contribution in [0.25, 0.3) is 0 Å². The molecule has 2 amide bonds. The van der Waals surface area contributed by atoms with Gasteiger partial charge >= 0.3 is 6.03 Å². The molecule has 0 aromatic heterocycles. The van der Waals surface area contributed by atoms with Crippen molar-refractivity contribution in [1.82, 2.24) is 4.90 Å². The molecule has 0 saturated carbocycles. The first-order valence-electron chi connectivity index (χ1n) is 6.58. The second-order valence-corrected chi connectivity index (χ2v) is 5.01. The summed E-state index contributed by atoms with van der Waals surface area (Å²) in [6.45, 7) is 0.740. The molecule has 1 fully saturated rings. The number of benzene rings is 1. The van der Waals surface area contributed by atoms with Crippen molar-refractivity contribution < 1.29 is 9.90 Å². The molecule has 1 aliphatic rings. The molecule has 1 heterocycles. The number of para-hydroxylation sites is 2. The maximum atomic E-state index is 12.2. The smallest absolute Gasteiger partial charge is 0.322 e. The number of carbonyl (C=O) groups is 1. The van der Waals surface area contributed by atoms with Gasteiger partial charge in [-0.3, -0.25) is 0 Å². The molecule has 1 atom stereocenters. The van der Waals surface area contributed by atoms with Gasteiger partial charge in [0.15, 0.2) is 0 Å². The number of carbonyl (C=O) groups excluding carboxylic acids is 1. The number of likely N-dealkylation sites (tertiary alicyclic amines) is 1. The molecule has 2 rings (SSSR count). The van der Waals surface area contributed by atoms with Crippen LogP contribution < -0.4 is 10.2 Å². The van der Waals surface area contributed by atoms with Crippen molar-refractivity contribution in [3.63, 3.8) is 0 Å². The molecule has 104 valence electrons. The first-order valence-corrected chi connectivity index (χ1v) is 6.58. The molecule has 1 aliphatic heterocycles. The fourth-order valence-corrected chi connectivity index (χ4v) is 2.45. The van der Waals surface area contributed by atoms with Crippen LogP contribution in [-0.2, 0) is 0 Å². The number of nitrogens with zero attached hydrogens (tertiary/aromatic N) is 2. The Bertz CT molecular complexity index is 448. The highest BCUT2D eigenvalue weighted by Crippen LogP contribution is 2.25. The zero-order chi connectivity index (χ0) is 13.8. The minimum Gasteiger partial charge on any atom is -0.394 e. The van der Waals surface area contributed by atoms with Gasteiger partial charge < -0.3 is 20.2 Å². The molecule has 5 heteroatoms. The zero-order valence-electron chi connectivity index (χ0n) is 11.5. The van der Waals surface area contributed by atoms with E-state index in [1.165, 1.54) is 0 Å². The van der Waals surface area contributed by atoms with Crippen LogP contribution in [0, 0.1) is 0 Å². The first kappa shape index (κ1) is 13.7. The van der Waals surface area contributed by atoms with Crippen LogP contribution in [0.5, 0.6) is 0 Å². The zero-order valence-corrected chi connectivity index (χ0v) is 11.5. The minimum atomic E-state index is -0.133. The van der Waals surface area contributed by atoms with Gasteiger partial charge in [-0.1, -0.05) is 12.1 Å². The van der Waals surface area contributed by atoms with Crippen LogP contribution in [0.4, 0.5) is 16.2 Å². The van der Waals surface area contributed by atoms with Crippen molar-refractivity contribution in [3.05, 3.63) is 24.3 Å². The molecular weight excluding hydrogens is 242 g/mol. The van der Waals surface area contributed by atoms with Gasteiger partial charge in [0, 0.05) is 20.6 Å². The van der Waals surface area contributed by atoms with Crippen LogP contribution >= 0.6 is 0 Å². The highest BCUT2D eigenvalue weighted by Gasteiger charge is 2.28. The van der Waals surface area contributed by atoms with Crippen LogP contribution in [0.15, 0.2) is 24.3 Å². The predicted octanol–water partition coefficient (Wildman–Crippen LogP) is 1.74. The predicted molar refractivity (Wildman–Crippen MR) is 76.6 cm³/mol. The second kappa shape index (κ2) is 5.93. The monoisotopic (exact) mass is 263 g/mol. The van der Waals surface area contributed by atoms with E-state index in [2.05, 4.69) is 5.32 Å². The lowest BCUT2D eigenvalue weighted by atomic mass is 10.2. The number of rotatable bonds is 3. The van der Waals surface area contributed by atoms with E-state index in [0.717, 1.165) is 24.2 Å². The number of aliphatic hydroxyl groups excluding tert-OH is 1. The molecular formula is C14H21N3O2. The number of hydrogen-bond donors (Lipinski definition) is 2. The fraction of sp³-hybridized carbons (Fsp3) is 0.500. The molecule has 0 radical (unpaired) electrons. The summed E-state index contributed by atoms with van der Waals surface area (Å²) in [6.07, 6.45) is 1.83. The summed E-state index contributed by atoms with van der Waals surface area (Å²) in [4.78, 5) is 15.9. The van der Waals surface area contributed by atoms with E-state index in [4.69, 9.17) is 0 Å². The van der Waals surface area contributed by atoms with Gasteiger partial charge in [0.05, 0.1) is 24.0 Å². The standard InChI is InChI=1S/C14H21N3O2/c1-16(2)13-8-4-3-7-12(13)15-14(19)17-9-5-6-11(17)10-18/h3-4,7-8,11,18H,5-6,9-10H2,1-2H3,(H,15,19). The molecule has 1 unspecified atom stereocenters. The Labute approximate surface area is 113 Å². The Balaban J connectivity index is 2.11. The fourth-order valence-electron chi connectivity index (χ4n) is 2.45. The first-order chi connectivity index (χ1) is 9.13. The number of nitrogens with one attached hydrogen (secondary N) is 1. The van der Waals surface area contributed by atoms with Crippen LogP contribution in [0.3, 0.4) is 0 Å². The lowest BCUT2D eigenvalue weighted by Gasteiger charge is -2.25. The minimum absolute atomic E-state index is 0.0305. The lowest BCUT2D eigenvalue weighted by molar-refractivity contribution is 0.166. The third-order valence-corrected chi connectivity index (χ3v) is 3.48. The van der Waals surface area contributed by atoms with Crippen LogP contribution in [0.1, 0.15) is 12.8 Å². The summed E-state index contributed by atoms with van der Waals surface area (Å²) >= 11 is 0. The van der Waals surface area contributed by atoms with Crippen LogP contribution in [0.2, 0.25) is 0 Å². The maximum absolute atomic E-state index is 12.2. The summed E-state index contributed by atoms with van der Waals surface area (Å²) in [6, 6.07) is 7.51. The molecule has 5 nitrogen and oxygen atoms in total. The third-order valence-electron chi connectivity index (χ3n) is 3.48. The van der Waals surface area contributed by atoms with Gasteiger partial charge in [-0.25, -0.2) is 4.79 Å². The van der Waals surface area contributed by atoms with Gasteiger partial charge in [-0.2, -0.15) is 0 Å². The third kappa shape index (κ3) is 2.98. The molecule has 1 aromatic carbocycles. The van der Waals surface area contributed by atoms with E-state index >= 15 is 0 Å². The summed E-state index contributed by atoms with van der Waals surface area (Å²) in [5, 5.41) is 12.2. The highest BCUT2D eigenvalue weighted by molar-refractivity contribution is 5.93. The topological polar surface area (TPSA) is 55.8 Å². The second-order valence-electron chi connectivity index (χ2n) is 5.01. The molecule has 1 aromatic rings. The average Bonchev–Trinajstić information content (AvgIpc) is 2.87. The van der Waals surface area contributed by atoms with E-state index in [0.29, 0.717) is 6.54 Å². The highest BCUT2D eigenvalue weighted by atomic mass is 16.3. The normalized spacial score (nSPS) is 18.5. The van der Waals surface area contributed by atoms with Crippen molar-refractivity contribution in [3.8, 4) is 0 Å². The quantitative estimate of drug-likeness (QED) is 0.873. The molecule has 0 spiro atoms. The van der Waals surface area contributed by atoms with E-state index in [9.17, 15) is 9.90 Å². The van der Waals surface area contributed by atoms with E-state index in [1.807, 2.05) is 43.3 Å². The average molecular weight is 263 g/mol. The van der Waals surface area contributed by atoms with Crippen molar-refractivity contribution in [2.75, 3.05) is 37.5 Å². The Kier molecular flexibility index (Phi) is 4.27. The van der Waals surface area contributed by atoms with Crippen molar-refractivity contribution in [2.45, 2.75) is 18.9 Å². The van der Waals surface area contributed by atoms with E-state index < -0.39 is 0 Å². The number of hydrogen-bond acceptors (Lipinski definition) is 3. The maximum Gasteiger partial charge on any atom is 0.322 e. The van der Waals surface area contributed by atoms with Crippen molar-refractivity contribution in [1.29, 1.82) is 0 Å². The number of urea groups is 1. The number of aliphatic hydroxyl groups is 1. The van der Waals surface area contributed by atoms with E-state index in [-0.39, 0.29) is 18.7 Å². The van der Waals surface area contributed by atoms with E-state index in [1.54, 1.807) is 4.90 Å². The van der Waals surface area contributed by atoms with Crippen molar-refractivity contribution in [2.24, 2.45) is 0 Å². The number of anilines is 2. The summed E-state index contributed by atoms with van der Waals surface area (Å²) in [5.41, 5.74) is 1.76.